The number of pyridine rings is 1. The van der Waals surface area contributed by atoms with Crippen LogP contribution in [0.3, 0.4) is 0 Å². The normalized spacial score (nSPS) is 12.6. The van der Waals surface area contributed by atoms with E-state index in [-0.39, 0.29) is 6.23 Å². The maximum Gasteiger partial charge on any atom is 0.136 e. The highest BCUT2D eigenvalue weighted by molar-refractivity contribution is 5.32. The first kappa shape index (κ1) is 14.7. The van der Waals surface area contributed by atoms with E-state index in [4.69, 9.17) is 4.74 Å². The summed E-state index contributed by atoms with van der Waals surface area (Å²) in [6.07, 6.45) is 2.65. The van der Waals surface area contributed by atoms with E-state index in [9.17, 15) is 0 Å². The van der Waals surface area contributed by atoms with Crippen LogP contribution in [0, 0.1) is 0 Å². The first-order valence-electron chi connectivity index (χ1n) is 6.98. The molecule has 1 heterocycles. The van der Waals surface area contributed by atoms with Gasteiger partial charge in [-0.2, -0.15) is 0 Å². The lowest BCUT2D eigenvalue weighted by Crippen LogP contribution is -2.24. The van der Waals surface area contributed by atoms with Gasteiger partial charge in [0.2, 0.25) is 0 Å². The summed E-state index contributed by atoms with van der Waals surface area (Å²) in [6.45, 7) is 2.72. The Morgan fingerprint density at radius 3 is 2.50 bits per heavy atom. The Labute approximate surface area is 121 Å². The van der Waals surface area contributed by atoms with Crippen LogP contribution in [0.5, 0.6) is 0 Å². The zero-order valence-corrected chi connectivity index (χ0v) is 12.4. The molecule has 0 fully saturated rings. The van der Waals surface area contributed by atoms with Gasteiger partial charge in [0, 0.05) is 24.9 Å². The van der Waals surface area contributed by atoms with E-state index < -0.39 is 0 Å². The summed E-state index contributed by atoms with van der Waals surface area (Å²) in [5, 5.41) is 0. The van der Waals surface area contributed by atoms with Crippen molar-refractivity contribution in [3.63, 3.8) is 0 Å². The van der Waals surface area contributed by atoms with Gasteiger partial charge in [0.05, 0.1) is 0 Å². The minimum Gasteiger partial charge on any atom is -0.359 e. The number of hydrogen-bond acceptors (Lipinski definition) is 3. The fraction of sp³-hybridized carbons (Fsp3) is 0.353. The molecule has 0 aliphatic heterocycles. The quantitative estimate of drug-likeness (QED) is 0.753. The first-order chi connectivity index (χ1) is 9.72. The molecule has 1 aromatic heterocycles. The molecule has 3 nitrogen and oxygen atoms in total. The second-order valence-electron chi connectivity index (χ2n) is 4.97. The molecule has 1 unspecified atom stereocenters. The number of aromatic nitrogens is 1. The third-order valence-electron chi connectivity index (χ3n) is 3.21. The van der Waals surface area contributed by atoms with Crippen molar-refractivity contribution in [1.82, 2.24) is 9.88 Å². The lowest BCUT2D eigenvalue weighted by atomic mass is 10.0. The van der Waals surface area contributed by atoms with Crippen LogP contribution in [-0.2, 0) is 11.2 Å². The summed E-state index contributed by atoms with van der Waals surface area (Å²) in [4.78, 5) is 6.51. The Morgan fingerprint density at radius 1 is 1.10 bits per heavy atom. The van der Waals surface area contributed by atoms with Gasteiger partial charge in [0.15, 0.2) is 0 Å². The van der Waals surface area contributed by atoms with E-state index in [0.29, 0.717) is 6.61 Å². The van der Waals surface area contributed by atoms with Gasteiger partial charge in [-0.25, -0.2) is 0 Å². The number of benzene rings is 1. The van der Waals surface area contributed by atoms with Crippen LogP contribution < -0.4 is 0 Å². The number of rotatable bonds is 6. The van der Waals surface area contributed by atoms with Crippen molar-refractivity contribution >= 4 is 0 Å². The van der Waals surface area contributed by atoms with Crippen molar-refractivity contribution in [2.45, 2.75) is 19.6 Å². The minimum atomic E-state index is -0.0140. The Balaban J connectivity index is 2.29. The third-order valence-corrected chi connectivity index (χ3v) is 3.21. The number of nitrogens with zero attached hydrogens (tertiary/aromatic N) is 2. The van der Waals surface area contributed by atoms with Gasteiger partial charge < -0.3 is 4.74 Å². The van der Waals surface area contributed by atoms with Gasteiger partial charge in [-0.05, 0) is 44.3 Å². The Hall–Kier alpha value is -1.71. The van der Waals surface area contributed by atoms with Gasteiger partial charge in [0.25, 0.3) is 0 Å². The van der Waals surface area contributed by atoms with E-state index in [1.807, 2.05) is 39.3 Å². The van der Waals surface area contributed by atoms with Crippen LogP contribution in [0.1, 0.15) is 30.0 Å². The molecule has 2 aromatic rings. The van der Waals surface area contributed by atoms with Crippen molar-refractivity contribution in [2.75, 3.05) is 20.7 Å². The van der Waals surface area contributed by atoms with E-state index in [1.54, 1.807) is 0 Å². The van der Waals surface area contributed by atoms with Gasteiger partial charge >= 0.3 is 0 Å². The fourth-order valence-electron chi connectivity index (χ4n) is 2.31. The van der Waals surface area contributed by atoms with Crippen LogP contribution in [0.25, 0.3) is 0 Å². The van der Waals surface area contributed by atoms with Crippen molar-refractivity contribution < 1.29 is 4.74 Å². The fourth-order valence-corrected chi connectivity index (χ4v) is 2.31. The largest absolute Gasteiger partial charge is 0.359 e. The molecular formula is C17H22N2O. The van der Waals surface area contributed by atoms with E-state index >= 15 is 0 Å². The van der Waals surface area contributed by atoms with Gasteiger partial charge in [-0.1, -0.05) is 30.3 Å². The molecule has 0 N–H and O–H groups in total. The summed E-state index contributed by atoms with van der Waals surface area (Å²) in [5.41, 5.74) is 3.55. The van der Waals surface area contributed by atoms with E-state index in [2.05, 4.69) is 40.2 Å². The maximum absolute atomic E-state index is 5.87. The standard InChI is InChI=1S/C17H22N2O/c1-4-20-17(19(2)3)16-11-6-5-9-14(16)13-15-10-7-8-12-18-15/h5-12,17H,4,13H2,1-3H3. The van der Waals surface area contributed by atoms with E-state index in [1.165, 1.54) is 11.1 Å². The molecule has 0 bridgehead atoms. The second kappa shape index (κ2) is 7.17. The molecular weight excluding hydrogens is 248 g/mol. The molecule has 2 rings (SSSR count). The Morgan fingerprint density at radius 2 is 1.85 bits per heavy atom. The SMILES string of the molecule is CCOC(c1ccccc1Cc1ccccn1)N(C)C. The third kappa shape index (κ3) is 3.65. The zero-order chi connectivity index (χ0) is 14.4. The summed E-state index contributed by atoms with van der Waals surface area (Å²) in [5.74, 6) is 0. The molecule has 1 atom stereocenters. The average Bonchev–Trinajstić information content (AvgIpc) is 2.46. The Kier molecular flexibility index (Phi) is 5.27. The molecule has 106 valence electrons. The molecule has 0 radical (unpaired) electrons. The summed E-state index contributed by atoms with van der Waals surface area (Å²) < 4.78 is 5.87. The highest BCUT2D eigenvalue weighted by Crippen LogP contribution is 2.25. The lowest BCUT2D eigenvalue weighted by Gasteiger charge is -2.26. The predicted molar refractivity (Wildman–Crippen MR) is 81.5 cm³/mol. The summed E-state index contributed by atoms with van der Waals surface area (Å²) in [7, 11) is 4.08. The topological polar surface area (TPSA) is 25.4 Å². The number of hydrogen-bond donors (Lipinski definition) is 0. The first-order valence-corrected chi connectivity index (χ1v) is 6.98. The van der Waals surface area contributed by atoms with Crippen molar-refractivity contribution in [3.8, 4) is 0 Å². The molecule has 0 aliphatic carbocycles. The van der Waals surface area contributed by atoms with Crippen LogP contribution in [0.4, 0.5) is 0 Å². The maximum atomic E-state index is 5.87. The average molecular weight is 270 g/mol. The minimum absolute atomic E-state index is 0.0140. The van der Waals surface area contributed by atoms with Crippen LogP contribution in [0.2, 0.25) is 0 Å². The highest BCUT2D eigenvalue weighted by Gasteiger charge is 2.17. The molecule has 3 heteroatoms. The highest BCUT2D eigenvalue weighted by atomic mass is 16.5. The lowest BCUT2D eigenvalue weighted by molar-refractivity contribution is -0.0327. The summed E-state index contributed by atoms with van der Waals surface area (Å²) in [6, 6.07) is 14.4. The van der Waals surface area contributed by atoms with Crippen LogP contribution in [0.15, 0.2) is 48.7 Å². The Bertz CT molecular complexity index is 526. The van der Waals surface area contributed by atoms with Crippen molar-refractivity contribution in [2.24, 2.45) is 0 Å². The van der Waals surface area contributed by atoms with Crippen molar-refractivity contribution in [1.29, 1.82) is 0 Å². The predicted octanol–water partition coefficient (Wildman–Crippen LogP) is 3.27. The van der Waals surface area contributed by atoms with Gasteiger partial charge in [-0.3, -0.25) is 9.88 Å². The van der Waals surface area contributed by atoms with Gasteiger partial charge in [0.1, 0.15) is 6.23 Å². The summed E-state index contributed by atoms with van der Waals surface area (Å²) >= 11 is 0. The molecule has 0 spiro atoms. The molecule has 0 aliphatic rings. The molecule has 1 aromatic carbocycles. The zero-order valence-electron chi connectivity index (χ0n) is 12.4. The molecule has 0 saturated carbocycles. The van der Waals surface area contributed by atoms with Crippen molar-refractivity contribution in [3.05, 3.63) is 65.5 Å². The molecule has 0 amide bonds. The number of ether oxygens (including phenoxy) is 1. The molecule has 20 heavy (non-hydrogen) atoms. The van der Waals surface area contributed by atoms with Gasteiger partial charge in [-0.15, -0.1) is 0 Å². The van der Waals surface area contributed by atoms with E-state index in [0.717, 1.165) is 12.1 Å². The van der Waals surface area contributed by atoms with Crippen LogP contribution in [-0.4, -0.2) is 30.6 Å². The smallest absolute Gasteiger partial charge is 0.136 e. The molecule has 0 saturated heterocycles. The van der Waals surface area contributed by atoms with Crippen LogP contribution >= 0.6 is 0 Å². The monoisotopic (exact) mass is 270 g/mol. The second-order valence-corrected chi connectivity index (χ2v) is 4.97.